The van der Waals surface area contributed by atoms with E-state index in [1.807, 2.05) is 59.5 Å². The first-order valence-electron chi connectivity index (χ1n) is 9.08. The lowest BCUT2D eigenvalue weighted by Gasteiger charge is -2.24. The number of carbonyl (C=O) groups is 2. The fraction of sp³-hybridized carbons (Fsp3) is 0.364. The van der Waals surface area contributed by atoms with Gasteiger partial charge in [0.15, 0.2) is 0 Å². The highest BCUT2D eigenvalue weighted by Gasteiger charge is 2.27. The first kappa shape index (κ1) is 20.5. The van der Waals surface area contributed by atoms with Crippen molar-refractivity contribution in [3.63, 3.8) is 0 Å². The van der Waals surface area contributed by atoms with Gasteiger partial charge in [0, 0.05) is 12.2 Å². The minimum Gasteiger partial charge on any atom is -0.481 e. The summed E-state index contributed by atoms with van der Waals surface area (Å²) in [5.41, 5.74) is 2.16. The van der Waals surface area contributed by atoms with Crippen LogP contribution in [0.5, 0.6) is 0 Å². The number of anilines is 1. The van der Waals surface area contributed by atoms with E-state index in [0.717, 1.165) is 16.8 Å². The van der Waals surface area contributed by atoms with Gasteiger partial charge in [0.2, 0.25) is 0 Å². The molecule has 2 aromatic rings. The number of carboxylic acids is 1. The summed E-state index contributed by atoms with van der Waals surface area (Å²) in [4.78, 5) is 25.2. The summed E-state index contributed by atoms with van der Waals surface area (Å²) >= 11 is 0. The molecule has 0 radical (unpaired) electrons. The molecule has 27 heavy (non-hydrogen) atoms. The maximum Gasteiger partial charge on any atom is 0.325 e. The summed E-state index contributed by atoms with van der Waals surface area (Å²) in [6.07, 6.45) is 0.466. The fourth-order valence-corrected chi connectivity index (χ4v) is 2.81. The lowest BCUT2D eigenvalue weighted by Crippen LogP contribution is -2.30. The Morgan fingerprint density at radius 1 is 1.00 bits per heavy atom. The Morgan fingerprint density at radius 3 is 2.15 bits per heavy atom. The second-order valence-corrected chi connectivity index (χ2v) is 7.18. The quantitative estimate of drug-likeness (QED) is 0.679. The maximum absolute atomic E-state index is 12.0. The van der Waals surface area contributed by atoms with E-state index in [0.29, 0.717) is 19.6 Å². The van der Waals surface area contributed by atoms with Crippen LogP contribution in [-0.4, -0.2) is 30.2 Å². The van der Waals surface area contributed by atoms with Gasteiger partial charge in [0.1, 0.15) is 6.54 Å². The third kappa shape index (κ3) is 6.13. The Balaban J connectivity index is 2.12. The van der Waals surface area contributed by atoms with Crippen LogP contribution in [0.25, 0.3) is 0 Å². The van der Waals surface area contributed by atoms with Gasteiger partial charge in [0.05, 0.1) is 12.0 Å². The molecule has 0 aromatic heterocycles. The average molecular weight is 369 g/mol. The molecule has 0 spiro atoms. The summed E-state index contributed by atoms with van der Waals surface area (Å²) in [6.45, 7) is 6.33. The lowest BCUT2D eigenvalue weighted by molar-refractivity contribution is -0.146. The molecule has 2 rings (SSSR count). The van der Waals surface area contributed by atoms with E-state index in [4.69, 9.17) is 4.74 Å². The van der Waals surface area contributed by atoms with E-state index >= 15 is 0 Å². The fourth-order valence-electron chi connectivity index (χ4n) is 2.81. The van der Waals surface area contributed by atoms with Crippen LogP contribution < -0.4 is 4.90 Å². The molecular formula is C22H27NO4. The van der Waals surface area contributed by atoms with Crippen molar-refractivity contribution in [2.24, 2.45) is 5.41 Å². The molecule has 5 nitrogen and oxygen atoms in total. The van der Waals surface area contributed by atoms with Gasteiger partial charge >= 0.3 is 11.9 Å². The molecule has 0 amide bonds. The van der Waals surface area contributed by atoms with Gasteiger partial charge < -0.3 is 14.7 Å². The zero-order chi connectivity index (χ0) is 19.9. The Labute approximate surface area is 160 Å². The van der Waals surface area contributed by atoms with Crippen molar-refractivity contribution in [2.45, 2.75) is 33.7 Å². The smallest absolute Gasteiger partial charge is 0.325 e. The molecule has 0 fully saturated rings. The minimum atomic E-state index is -0.809. The second kappa shape index (κ2) is 9.21. The summed E-state index contributed by atoms with van der Waals surface area (Å²) in [5.74, 6) is -1.07. The SMILES string of the molecule is CCOC(=O)CN(Cc1ccc(CC(C)(C)C(=O)O)cc1)c1ccccc1. The molecule has 1 N–H and O–H groups in total. The average Bonchev–Trinajstić information content (AvgIpc) is 2.63. The molecule has 0 saturated carbocycles. The van der Waals surface area contributed by atoms with Crippen LogP contribution in [0.1, 0.15) is 31.9 Å². The standard InChI is InChI=1S/C22H27NO4/c1-4-27-20(24)16-23(19-8-6-5-7-9-19)15-18-12-10-17(11-13-18)14-22(2,3)21(25)26/h5-13H,4,14-16H2,1-3H3,(H,25,26). The summed E-state index contributed by atoms with van der Waals surface area (Å²) in [7, 11) is 0. The molecule has 0 unspecified atom stereocenters. The van der Waals surface area contributed by atoms with E-state index in [-0.39, 0.29) is 12.5 Å². The largest absolute Gasteiger partial charge is 0.481 e. The zero-order valence-corrected chi connectivity index (χ0v) is 16.1. The van der Waals surface area contributed by atoms with Crippen LogP contribution in [0.4, 0.5) is 5.69 Å². The molecule has 144 valence electrons. The number of nitrogens with zero attached hydrogens (tertiary/aromatic N) is 1. The van der Waals surface area contributed by atoms with Gasteiger partial charge in [-0.05, 0) is 50.5 Å². The van der Waals surface area contributed by atoms with Crippen LogP contribution in [0.2, 0.25) is 0 Å². The van der Waals surface area contributed by atoms with Crippen molar-refractivity contribution in [1.82, 2.24) is 0 Å². The molecule has 5 heteroatoms. The molecule has 0 heterocycles. The number of benzene rings is 2. The zero-order valence-electron chi connectivity index (χ0n) is 16.1. The van der Waals surface area contributed by atoms with Gasteiger partial charge in [-0.3, -0.25) is 9.59 Å². The van der Waals surface area contributed by atoms with E-state index in [1.165, 1.54) is 0 Å². The van der Waals surface area contributed by atoms with Gasteiger partial charge in [0.25, 0.3) is 0 Å². The van der Waals surface area contributed by atoms with Crippen molar-refractivity contribution in [2.75, 3.05) is 18.1 Å². The number of hydrogen-bond acceptors (Lipinski definition) is 4. The third-order valence-electron chi connectivity index (χ3n) is 4.37. The Hall–Kier alpha value is -2.82. The molecule has 2 aromatic carbocycles. The van der Waals surface area contributed by atoms with Gasteiger partial charge in [-0.25, -0.2) is 0 Å². The van der Waals surface area contributed by atoms with Crippen molar-refractivity contribution in [3.05, 3.63) is 65.7 Å². The summed E-state index contributed by atoms with van der Waals surface area (Å²) in [5, 5.41) is 9.28. The number of carboxylic acid groups (broad SMARTS) is 1. The Morgan fingerprint density at radius 2 is 1.59 bits per heavy atom. The Kier molecular flexibility index (Phi) is 6.99. The van der Waals surface area contributed by atoms with Crippen LogP contribution in [0.15, 0.2) is 54.6 Å². The van der Waals surface area contributed by atoms with Gasteiger partial charge in [-0.1, -0.05) is 42.5 Å². The van der Waals surface area contributed by atoms with Gasteiger partial charge in [-0.15, -0.1) is 0 Å². The molecule has 0 aliphatic heterocycles. The molecule has 0 saturated heterocycles. The van der Waals surface area contributed by atoms with Crippen molar-refractivity contribution in [3.8, 4) is 0 Å². The van der Waals surface area contributed by atoms with Crippen LogP contribution in [-0.2, 0) is 27.3 Å². The van der Waals surface area contributed by atoms with Crippen molar-refractivity contribution < 1.29 is 19.4 Å². The van der Waals surface area contributed by atoms with E-state index in [1.54, 1.807) is 20.8 Å². The van der Waals surface area contributed by atoms with E-state index in [9.17, 15) is 14.7 Å². The number of hydrogen-bond donors (Lipinski definition) is 1. The molecule has 0 aliphatic carbocycles. The molecule has 0 aliphatic rings. The first-order chi connectivity index (χ1) is 12.8. The van der Waals surface area contributed by atoms with Crippen LogP contribution >= 0.6 is 0 Å². The maximum atomic E-state index is 12.0. The van der Waals surface area contributed by atoms with Crippen LogP contribution in [0, 0.1) is 5.41 Å². The second-order valence-electron chi connectivity index (χ2n) is 7.18. The molecular weight excluding hydrogens is 342 g/mol. The predicted molar refractivity (Wildman–Crippen MR) is 106 cm³/mol. The number of rotatable bonds is 9. The van der Waals surface area contributed by atoms with Crippen molar-refractivity contribution in [1.29, 1.82) is 0 Å². The number of carbonyl (C=O) groups excluding carboxylic acids is 1. The normalized spacial score (nSPS) is 11.1. The molecule has 0 bridgehead atoms. The lowest BCUT2D eigenvalue weighted by atomic mass is 9.86. The predicted octanol–water partition coefficient (Wildman–Crippen LogP) is 3.91. The number of aliphatic carboxylic acids is 1. The molecule has 0 atom stereocenters. The minimum absolute atomic E-state index is 0.172. The van der Waals surface area contributed by atoms with E-state index < -0.39 is 11.4 Å². The number of para-hydroxylation sites is 1. The highest BCUT2D eigenvalue weighted by atomic mass is 16.5. The van der Waals surface area contributed by atoms with Crippen molar-refractivity contribution >= 4 is 17.6 Å². The van der Waals surface area contributed by atoms with Crippen LogP contribution in [0.3, 0.4) is 0 Å². The monoisotopic (exact) mass is 369 g/mol. The number of ether oxygens (including phenoxy) is 1. The highest BCUT2D eigenvalue weighted by Crippen LogP contribution is 2.23. The van der Waals surface area contributed by atoms with E-state index in [2.05, 4.69) is 0 Å². The summed E-state index contributed by atoms with van der Waals surface area (Å²) < 4.78 is 5.09. The topological polar surface area (TPSA) is 66.8 Å². The highest BCUT2D eigenvalue weighted by molar-refractivity contribution is 5.76. The van der Waals surface area contributed by atoms with Gasteiger partial charge in [-0.2, -0.15) is 0 Å². The third-order valence-corrected chi connectivity index (χ3v) is 4.37. The first-order valence-corrected chi connectivity index (χ1v) is 9.08. The Bertz CT molecular complexity index is 754. The number of esters is 1. The summed E-state index contributed by atoms with van der Waals surface area (Å²) in [6, 6.07) is 17.6.